The maximum Gasteiger partial charge on any atom is 0.260 e. The molecule has 0 saturated carbocycles. The molecule has 2 aromatic carbocycles. The monoisotopic (exact) mass is 407 g/mol. The Morgan fingerprint density at radius 3 is 2.35 bits per heavy atom. The summed E-state index contributed by atoms with van der Waals surface area (Å²) in [5.74, 6) is -0.0338. The third kappa shape index (κ3) is 3.77. The van der Waals surface area contributed by atoms with E-state index >= 15 is 0 Å². The summed E-state index contributed by atoms with van der Waals surface area (Å²) in [4.78, 5) is 15.7. The number of hydrogen-bond acceptors (Lipinski definition) is 1. The second-order valence-corrected chi connectivity index (χ2v) is 7.25. The van der Waals surface area contributed by atoms with Gasteiger partial charge in [0.25, 0.3) is 5.91 Å². The van der Waals surface area contributed by atoms with E-state index in [4.69, 9.17) is 0 Å². The van der Waals surface area contributed by atoms with E-state index in [1.807, 2.05) is 96.8 Å². The minimum Gasteiger partial charge on any atom is -0.290 e. The van der Waals surface area contributed by atoms with Gasteiger partial charge in [-0.1, -0.05) is 105 Å². The molecule has 0 saturated heterocycles. The maximum absolute atomic E-state index is 13.8. The van der Waals surface area contributed by atoms with E-state index in [1.54, 1.807) is 6.08 Å². The summed E-state index contributed by atoms with van der Waals surface area (Å²) in [6, 6.07) is 17.7. The number of allylic oxidation sites excluding steroid dienone is 6. The summed E-state index contributed by atoms with van der Waals surface area (Å²) in [5.41, 5.74) is 3.46. The van der Waals surface area contributed by atoms with Crippen LogP contribution in [-0.2, 0) is 5.54 Å². The number of rotatable bonds is 8. The van der Waals surface area contributed by atoms with Crippen molar-refractivity contribution in [1.29, 1.82) is 0 Å². The van der Waals surface area contributed by atoms with Crippen LogP contribution in [0.25, 0.3) is 0 Å². The van der Waals surface area contributed by atoms with Crippen LogP contribution in [0.2, 0.25) is 0 Å². The fraction of sp³-hybridized carbons (Fsp3) is 0.138. The number of hydrogen-bond donors (Lipinski definition) is 0. The summed E-state index contributed by atoms with van der Waals surface area (Å²) in [5, 5.41) is 0. The number of amides is 1. The lowest BCUT2D eigenvalue weighted by atomic mass is 9.75. The molecule has 156 valence electrons. The Morgan fingerprint density at radius 1 is 1.00 bits per heavy atom. The number of anilines is 1. The predicted molar refractivity (Wildman–Crippen MR) is 132 cm³/mol. The van der Waals surface area contributed by atoms with Gasteiger partial charge in [-0.05, 0) is 48.3 Å². The molecule has 1 amide bonds. The van der Waals surface area contributed by atoms with Crippen LogP contribution in [-0.4, -0.2) is 5.91 Å². The van der Waals surface area contributed by atoms with Gasteiger partial charge in [0.15, 0.2) is 0 Å². The molecule has 2 nitrogen and oxygen atoms in total. The van der Waals surface area contributed by atoms with Crippen LogP contribution in [0.5, 0.6) is 0 Å². The normalized spacial score (nSPS) is 19.3. The summed E-state index contributed by atoms with van der Waals surface area (Å²) in [6.45, 7) is 12.2. The standard InChI is InChI=1S/C29H29NO/c1-5-9-11-18-23(8-4)29(24(16-6-2)17-7-3)27-22-15-14-21-26(27)28(31)30(29)25-19-12-10-13-20-25/h6-22H,2,4-5H2,1,3H3/b11-9-,17-7-,23-18+,24-16+. The van der Waals surface area contributed by atoms with Crippen molar-refractivity contribution in [2.24, 2.45) is 0 Å². The number of para-hydroxylation sites is 1. The molecule has 1 unspecified atom stereocenters. The van der Waals surface area contributed by atoms with Crippen LogP contribution < -0.4 is 4.90 Å². The van der Waals surface area contributed by atoms with Gasteiger partial charge in [0.05, 0.1) is 0 Å². The smallest absolute Gasteiger partial charge is 0.260 e. The van der Waals surface area contributed by atoms with Gasteiger partial charge < -0.3 is 0 Å². The molecule has 1 aliphatic rings. The van der Waals surface area contributed by atoms with Crippen molar-refractivity contribution in [1.82, 2.24) is 0 Å². The third-order valence-corrected chi connectivity index (χ3v) is 5.45. The molecule has 1 atom stereocenters. The molecule has 31 heavy (non-hydrogen) atoms. The molecular weight excluding hydrogens is 378 g/mol. The number of nitrogens with zero attached hydrogens (tertiary/aromatic N) is 1. The topological polar surface area (TPSA) is 20.3 Å². The number of benzene rings is 2. The second kappa shape index (κ2) is 9.90. The zero-order chi connectivity index (χ0) is 22.3. The first-order valence-corrected chi connectivity index (χ1v) is 10.6. The molecular formula is C29H29NO. The van der Waals surface area contributed by atoms with Crippen LogP contribution in [0.1, 0.15) is 36.2 Å². The average molecular weight is 408 g/mol. The van der Waals surface area contributed by atoms with Gasteiger partial charge in [0.2, 0.25) is 0 Å². The lowest BCUT2D eigenvalue weighted by Gasteiger charge is -2.42. The van der Waals surface area contributed by atoms with Crippen molar-refractivity contribution in [3.63, 3.8) is 0 Å². The van der Waals surface area contributed by atoms with Crippen molar-refractivity contribution in [2.45, 2.75) is 25.8 Å². The fourth-order valence-electron chi connectivity index (χ4n) is 4.25. The number of fused-ring (bicyclic) bond motifs is 1. The lowest BCUT2D eigenvalue weighted by Crippen LogP contribution is -2.46. The first-order chi connectivity index (χ1) is 15.2. The number of carbonyl (C=O) groups is 1. The predicted octanol–water partition coefficient (Wildman–Crippen LogP) is 7.31. The zero-order valence-electron chi connectivity index (χ0n) is 18.3. The molecule has 0 aliphatic carbocycles. The van der Waals surface area contributed by atoms with Gasteiger partial charge in [-0.15, -0.1) is 0 Å². The highest BCUT2D eigenvalue weighted by Gasteiger charge is 2.53. The van der Waals surface area contributed by atoms with Crippen LogP contribution >= 0.6 is 0 Å². The quantitative estimate of drug-likeness (QED) is 0.420. The highest BCUT2D eigenvalue weighted by molar-refractivity contribution is 6.14. The van der Waals surface area contributed by atoms with Gasteiger partial charge in [0.1, 0.15) is 5.54 Å². The Labute approximate surface area is 185 Å². The molecule has 0 spiro atoms. The van der Waals surface area contributed by atoms with E-state index < -0.39 is 5.54 Å². The molecule has 2 heteroatoms. The van der Waals surface area contributed by atoms with E-state index in [0.29, 0.717) is 5.56 Å². The zero-order valence-corrected chi connectivity index (χ0v) is 18.3. The number of carbonyl (C=O) groups excluding carboxylic acids is 1. The molecule has 3 rings (SSSR count). The van der Waals surface area contributed by atoms with Gasteiger partial charge in [-0.3, -0.25) is 9.69 Å². The highest BCUT2D eigenvalue weighted by Crippen LogP contribution is 2.52. The van der Waals surface area contributed by atoms with Crippen molar-refractivity contribution >= 4 is 11.6 Å². The van der Waals surface area contributed by atoms with E-state index in [9.17, 15) is 4.79 Å². The van der Waals surface area contributed by atoms with Gasteiger partial charge >= 0.3 is 0 Å². The summed E-state index contributed by atoms with van der Waals surface area (Å²) < 4.78 is 0. The Bertz CT molecular complexity index is 1080. The van der Waals surface area contributed by atoms with Crippen molar-refractivity contribution in [2.75, 3.05) is 4.90 Å². The fourth-order valence-corrected chi connectivity index (χ4v) is 4.25. The van der Waals surface area contributed by atoms with Crippen LogP contribution in [0, 0.1) is 0 Å². The molecule has 0 bridgehead atoms. The Kier molecular flexibility index (Phi) is 7.04. The van der Waals surface area contributed by atoms with Crippen LogP contribution in [0.4, 0.5) is 5.69 Å². The second-order valence-electron chi connectivity index (χ2n) is 7.25. The molecule has 0 fully saturated rings. The molecule has 0 aromatic heterocycles. The largest absolute Gasteiger partial charge is 0.290 e. The first kappa shape index (κ1) is 22.0. The van der Waals surface area contributed by atoms with E-state index in [1.165, 1.54) is 0 Å². The van der Waals surface area contributed by atoms with Gasteiger partial charge in [-0.25, -0.2) is 0 Å². The molecule has 0 N–H and O–H groups in total. The van der Waals surface area contributed by atoms with Gasteiger partial charge in [-0.2, -0.15) is 0 Å². The molecule has 0 radical (unpaired) electrons. The first-order valence-electron chi connectivity index (χ1n) is 10.6. The van der Waals surface area contributed by atoms with Crippen molar-refractivity contribution in [3.05, 3.63) is 139 Å². The van der Waals surface area contributed by atoms with Crippen LogP contribution in [0.15, 0.2) is 128 Å². The Balaban J connectivity index is 2.50. The van der Waals surface area contributed by atoms with Gasteiger partial charge in [0, 0.05) is 11.3 Å². The average Bonchev–Trinajstić information content (AvgIpc) is 3.07. The van der Waals surface area contributed by atoms with E-state index in [2.05, 4.69) is 32.2 Å². The SMILES string of the molecule is C=C/C=C(\C=C/C)C1(/C(C=C)=C/C=C\CC)c2ccccc2C(=O)N1c1ccccc1. The third-order valence-electron chi connectivity index (χ3n) is 5.45. The van der Waals surface area contributed by atoms with Crippen molar-refractivity contribution in [3.8, 4) is 0 Å². The van der Waals surface area contributed by atoms with E-state index in [-0.39, 0.29) is 5.91 Å². The maximum atomic E-state index is 13.8. The molecule has 2 aromatic rings. The minimum atomic E-state index is -0.866. The summed E-state index contributed by atoms with van der Waals surface area (Å²) >= 11 is 0. The minimum absolute atomic E-state index is 0.0338. The highest BCUT2D eigenvalue weighted by atomic mass is 16.2. The summed E-state index contributed by atoms with van der Waals surface area (Å²) in [7, 11) is 0. The summed E-state index contributed by atoms with van der Waals surface area (Å²) in [6.07, 6.45) is 16.8. The Morgan fingerprint density at radius 2 is 1.71 bits per heavy atom. The molecule has 1 heterocycles. The van der Waals surface area contributed by atoms with Crippen molar-refractivity contribution < 1.29 is 4.79 Å². The Hall–Kier alpha value is -3.65. The molecule has 1 aliphatic heterocycles. The van der Waals surface area contributed by atoms with E-state index in [0.717, 1.165) is 28.8 Å². The lowest BCUT2D eigenvalue weighted by molar-refractivity contribution is 0.0986. The van der Waals surface area contributed by atoms with Crippen LogP contribution in [0.3, 0.4) is 0 Å².